The van der Waals surface area contributed by atoms with E-state index in [9.17, 15) is 0 Å². The Morgan fingerprint density at radius 2 is 1.24 bits per heavy atom. The van der Waals surface area contributed by atoms with E-state index < -0.39 is 26.7 Å². The number of piperidine rings is 1. The van der Waals surface area contributed by atoms with Crippen LogP contribution in [0.25, 0.3) is 22.5 Å². The van der Waals surface area contributed by atoms with Crippen LogP contribution in [0.4, 0.5) is 13.2 Å². The first-order valence-corrected chi connectivity index (χ1v) is 20.1. The molecule has 1 aromatic heterocycles. The fourth-order valence-corrected chi connectivity index (χ4v) is 8.97. The van der Waals surface area contributed by atoms with Crippen molar-refractivity contribution < 1.29 is 35.8 Å². The van der Waals surface area contributed by atoms with Crippen molar-refractivity contribution in [2.45, 2.75) is 49.5 Å². The predicted molar refractivity (Wildman–Crippen MR) is 213 cm³/mol. The molecular formula is C43H43F3N6O5S. The Bertz CT molecular complexity index is 2370. The third-order valence-corrected chi connectivity index (χ3v) is 12.2. The number of alkyl halides is 3. The highest BCUT2D eigenvalue weighted by atomic mass is 32.2. The van der Waals surface area contributed by atoms with E-state index in [0.717, 1.165) is 47.4 Å². The maximum atomic E-state index is 15.3. The SMILES string of the molecule is COc1ccc(CN(Cc2ccc(OC)cc2)S(=O)(=O)c2c(C(F)(F)F)ccc(-c3ccc(C4CCNCC4)cc3)c2-c2nnn(Cc3ccc(OC)cc3)n2)cc1. The van der Waals surface area contributed by atoms with Crippen molar-refractivity contribution in [1.82, 2.24) is 29.8 Å². The summed E-state index contributed by atoms with van der Waals surface area (Å²) in [6, 6.07) is 30.1. The number of ether oxygens (including phenoxy) is 3. The van der Waals surface area contributed by atoms with Crippen LogP contribution in [0.2, 0.25) is 0 Å². The average molecular weight is 813 g/mol. The van der Waals surface area contributed by atoms with E-state index in [1.807, 2.05) is 24.3 Å². The lowest BCUT2D eigenvalue weighted by Crippen LogP contribution is -2.32. The summed E-state index contributed by atoms with van der Waals surface area (Å²) in [7, 11) is -0.462. The van der Waals surface area contributed by atoms with E-state index in [1.54, 1.807) is 79.9 Å². The molecule has 0 radical (unpaired) electrons. The number of rotatable bonds is 14. The second-order valence-electron chi connectivity index (χ2n) is 14.0. The number of methoxy groups -OCH3 is 3. The minimum Gasteiger partial charge on any atom is -0.497 e. The van der Waals surface area contributed by atoms with Crippen molar-refractivity contribution in [3.05, 3.63) is 137 Å². The fourth-order valence-electron chi connectivity index (χ4n) is 7.16. The first-order valence-electron chi connectivity index (χ1n) is 18.7. The molecule has 5 aromatic carbocycles. The number of aromatic nitrogens is 4. The van der Waals surface area contributed by atoms with Crippen molar-refractivity contribution in [2.24, 2.45) is 0 Å². The number of benzene rings is 5. The van der Waals surface area contributed by atoms with Gasteiger partial charge in [-0.15, -0.1) is 10.2 Å². The highest BCUT2D eigenvalue weighted by Crippen LogP contribution is 2.45. The van der Waals surface area contributed by atoms with E-state index in [-0.39, 0.29) is 36.6 Å². The van der Waals surface area contributed by atoms with Crippen molar-refractivity contribution in [3.63, 3.8) is 0 Å². The minimum absolute atomic E-state index is 0.110. The zero-order chi connectivity index (χ0) is 40.9. The van der Waals surface area contributed by atoms with Gasteiger partial charge in [0, 0.05) is 13.1 Å². The van der Waals surface area contributed by atoms with Crippen molar-refractivity contribution in [3.8, 4) is 39.8 Å². The molecule has 0 saturated carbocycles. The Kier molecular flexibility index (Phi) is 12.1. The zero-order valence-corrected chi connectivity index (χ0v) is 33.1. The minimum atomic E-state index is -5.08. The molecule has 0 unspecified atom stereocenters. The van der Waals surface area contributed by atoms with Gasteiger partial charge < -0.3 is 19.5 Å². The number of nitrogens with zero attached hydrogens (tertiary/aromatic N) is 5. The summed E-state index contributed by atoms with van der Waals surface area (Å²) >= 11 is 0. The van der Waals surface area contributed by atoms with Crippen LogP contribution in [0.15, 0.2) is 114 Å². The van der Waals surface area contributed by atoms with Gasteiger partial charge in [0.15, 0.2) is 0 Å². The Hall–Kier alpha value is -5.77. The van der Waals surface area contributed by atoms with Crippen LogP contribution in [0.3, 0.4) is 0 Å². The number of nitrogens with one attached hydrogen (secondary N) is 1. The summed E-state index contributed by atoms with van der Waals surface area (Å²) in [4.78, 5) is 0.260. The molecule has 1 aliphatic rings. The predicted octanol–water partition coefficient (Wildman–Crippen LogP) is 7.96. The van der Waals surface area contributed by atoms with Gasteiger partial charge in [0.05, 0.1) is 39.0 Å². The first-order chi connectivity index (χ1) is 28.0. The van der Waals surface area contributed by atoms with Crippen LogP contribution in [0.5, 0.6) is 17.2 Å². The highest BCUT2D eigenvalue weighted by molar-refractivity contribution is 7.89. The van der Waals surface area contributed by atoms with Gasteiger partial charge in [-0.25, -0.2) is 8.42 Å². The molecule has 0 atom stereocenters. The van der Waals surface area contributed by atoms with Crippen molar-refractivity contribution in [1.29, 1.82) is 0 Å². The first kappa shape index (κ1) is 40.4. The summed E-state index contributed by atoms with van der Waals surface area (Å²) in [5, 5.41) is 16.3. The molecule has 2 heterocycles. The normalized spacial score (nSPS) is 13.8. The maximum Gasteiger partial charge on any atom is 0.417 e. The van der Waals surface area contributed by atoms with Gasteiger partial charge in [0.25, 0.3) is 0 Å². The van der Waals surface area contributed by atoms with E-state index in [1.165, 1.54) is 25.1 Å². The summed E-state index contributed by atoms with van der Waals surface area (Å²) in [5.41, 5.74) is 1.98. The van der Waals surface area contributed by atoms with Crippen LogP contribution < -0.4 is 19.5 Å². The lowest BCUT2D eigenvalue weighted by molar-refractivity contribution is -0.139. The molecule has 1 aliphatic heterocycles. The molecule has 11 nitrogen and oxygen atoms in total. The molecule has 15 heteroatoms. The largest absolute Gasteiger partial charge is 0.497 e. The Labute approximate surface area is 335 Å². The molecule has 6 aromatic rings. The molecule has 0 spiro atoms. The van der Waals surface area contributed by atoms with E-state index in [2.05, 4.69) is 20.7 Å². The van der Waals surface area contributed by atoms with Gasteiger partial charge in [-0.05, 0) is 113 Å². The fraction of sp³-hybridized carbons (Fsp3) is 0.279. The summed E-state index contributed by atoms with van der Waals surface area (Å²) in [6.07, 6.45) is -3.18. The van der Waals surface area contributed by atoms with Crippen LogP contribution in [-0.2, 0) is 35.8 Å². The van der Waals surface area contributed by atoms with Gasteiger partial charge in [0.1, 0.15) is 22.1 Å². The quantitative estimate of drug-likeness (QED) is 0.117. The van der Waals surface area contributed by atoms with Crippen LogP contribution in [0, 0.1) is 0 Å². The Balaban J connectivity index is 1.41. The lowest BCUT2D eigenvalue weighted by atomic mass is 9.88. The maximum absolute atomic E-state index is 15.3. The molecular weight excluding hydrogens is 770 g/mol. The molecule has 7 rings (SSSR count). The van der Waals surface area contributed by atoms with Crippen molar-refractivity contribution in [2.75, 3.05) is 34.4 Å². The molecule has 58 heavy (non-hydrogen) atoms. The topological polar surface area (TPSA) is 121 Å². The van der Waals surface area contributed by atoms with Gasteiger partial charge in [-0.2, -0.15) is 22.3 Å². The van der Waals surface area contributed by atoms with Gasteiger partial charge in [0.2, 0.25) is 15.8 Å². The molecule has 1 N–H and O–H groups in total. The molecule has 0 aliphatic carbocycles. The van der Waals surface area contributed by atoms with Crippen molar-refractivity contribution >= 4 is 10.0 Å². The monoisotopic (exact) mass is 812 g/mol. The number of hydrogen-bond donors (Lipinski definition) is 1. The smallest absolute Gasteiger partial charge is 0.417 e. The Morgan fingerprint density at radius 1 is 0.724 bits per heavy atom. The molecule has 1 fully saturated rings. The molecule has 1 saturated heterocycles. The van der Waals surface area contributed by atoms with Crippen LogP contribution in [0.1, 0.15) is 46.6 Å². The lowest BCUT2D eigenvalue weighted by Gasteiger charge is -2.27. The summed E-state index contributed by atoms with van der Waals surface area (Å²) in [5.74, 6) is 1.77. The number of tetrazole rings is 1. The third-order valence-electron chi connectivity index (χ3n) is 10.3. The standard InChI is InChI=1S/C43H43F3N6O5S/c1-55-35-14-4-29(5-15-35)26-51(27-30-6-16-36(56-2)17-7-30)58(53,54)41-39(43(44,45)46)21-20-38(34-12-10-32(11-13-34)33-22-24-47-25-23-33)40(41)42-48-50-52(49-42)28-31-8-18-37(57-3)19-9-31/h4-21,33,47H,22-28H2,1-3H3. The van der Waals surface area contributed by atoms with Crippen LogP contribution >= 0.6 is 0 Å². The Morgan fingerprint density at radius 3 is 1.74 bits per heavy atom. The molecule has 0 amide bonds. The second-order valence-corrected chi connectivity index (χ2v) is 15.8. The third kappa shape index (κ3) is 9.01. The highest BCUT2D eigenvalue weighted by Gasteiger charge is 2.43. The molecule has 0 bridgehead atoms. The molecule has 302 valence electrons. The number of hydrogen-bond acceptors (Lipinski definition) is 9. The van der Waals surface area contributed by atoms with Crippen LogP contribution in [-0.4, -0.2) is 67.3 Å². The van der Waals surface area contributed by atoms with Gasteiger partial charge in [-0.3, -0.25) is 0 Å². The van der Waals surface area contributed by atoms with E-state index in [4.69, 9.17) is 14.2 Å². The zero-order valence-electron chi connectivity index (χ0n) is 32.2. The number of halogens is 3. The van der Waals surface area contributed by atoms with Gasteiger partial charge >= 0.3 is 6.18 Å². The number of sulfonamides is 1. The second kappa shape index (κ2) is 17.4. The average Bonchev–Trinajstić information content (AvgIpc) is 3.71. The van der Waals surface area contributed by atoms with Gasteiger partial charge in [-0.1, -0.05) is 66.7 Å². The van der Waals surface area contributed by atoms with E-state index in [0.29, 0.717) is 39.9 Å². The summed E-state index contributed by atoms with van der Waals surface area (Å²) in [6.45, 7) is 1.36. The van der Waals surface area contributed by atoms with E-state index >= 15 is 21.6 Å². The summed E-state index contributed by atoms with van der Waals surface area (Å²) < 4.78 is 93.5.